The quantitative estimate of drug-likeness (QED) is 0.734. The van der Waals surface area contributed by atoms with E-state index in [4.69, 9.17) is 15.8 Å². The fraction of sp³-hybridized carbons (Fsp3) is 0. The maximum atomic E-state index is 9.16. The molecular formula is C15H6IN3. The first-order chi connectivity index (χ1) is 9.19. The van der Waals surface area contributed by atoms with Crippen LogP contribution >= 0.6 is 22.6 Å². The van der Waals surface area contributed by atoms with Gasteiger partial charge in [0.2, 0.25) is 0 Å². The van der Waals surface area contributed by atoms with Crippen molar-refractivity contribution < 1.29 is 0 Å². The summed E-state index contributed by atoms with van der Waals surface area (Å²) in [5.74, 6) is 0. The molecule has 0 N–H and O–H groups in total. The van der Waals surface area contributed by atoms with Gasteiger partial charge in [0.05, 0.1) is 22.8 Å². The second kappa shape index (κ2) is 5.52. The molecule has 4 heteroatoms. The first kappa shape index (κ1) is 13.1. The van der Waals surface area contributed by atoms with E-state index in [2.05, 4.69) is 28.7 Å². The van der Waals surface area contributed by atoms with Crippen molar-refractivity contribution in [3.05, 3.63) is 56.7 Å². The van der Waals surface area contributed by atoms with Crippen molar-refractivity contribution in [1.29, 1.82) is 15.8 Å². The molecule has 0 spiro atoms. The van der Waals surface area contributed by atoms with Crippen LogP contribution < -0.4 is 0 Å². The third kappa shape index (κ3) is 2.57. The molecule has 0 bridgehead atoms. The summed E-state index contributed by atoms with van der Waals surface area (Å²) in [7, 11) is 0. The van der Waals surface area contributed by atoms with E-state index in [0.29, 0.717) is 16.7 Å². The molecule has 0 aromatic heterocycles. The molecule has 2 aromatic carbocycles. The number of nitriles is 3. The van der Waals surface area contributed by atoms with Gasteiger partial charge in [-0.2, -0.15) is 15.8 Å². The fourth-order valence-corrected chi connectivity index (χ4v) is 2.25. The molecule has 0 fully saturated rings. The lowest BCUT2D eigenvalue weighted by atomic mass is 9.97. The number of hydrogen-bond donors (Lipinski definition) is 0. The van der Waals surface area contributed by atoms with Crippen LogP contribution in [-0.2, 0) is 0 Å². The van der Waals surface area contributed by atoms with Gasteiger partial charge in [0.1, 0.15) is 12.1 Å². The Kier molecular flexibility index (Phi) is 3.80. The third-order valence-electron chi connectivity index (χ3n) is 2.67. The Labute approximate surface area is 124 Å². The number of halogens is 1. The van der Waals surface area contributed by atoms with Crippen LogP contribution in [0.1, 0.15) is 16.7 Å². The van der Waals surface area contributed by atoms with Gasteiger partial charge < -0.3 is 0 Å². The van der Waals surface area contributed by atoms with Gasteiger partial charge in [0.25, 0.3) is 0 Å². The zero-order valence-corrected chi connectivity index (χ0v) is 11.8. The van der Waals surface area contributed by atoms with Crippen LogP contribution in [0.5, 0.6) is 0 Å². The molecule has 0 amide bonds. The van der Waals surface area contributed by atoms with Crippen molar-refractivity contribution in [2.75, 3.05) is 0 Å². The highest BCUT2D eigenvalue weighted by Crippen LogP contribution is 2.26. The molecule has 88 valence electrons. The predicted molar refractivity (Wildman–Crippen MR) is 78.7 cm³/mol. The lowest BCUT2D eigenvalue weighted by Crippen LogP contribution is -1.89. The second-order valence-corrected chi connectivity index (χ2v) is 5.03. The molecule has 0 atom stereocenters. The molecule has 0 radical (unpaired) electrons. The van der Waals surface area contributed by atoms with Crippen LogP contribution in [0.4, 0.5) is 0 Å². The summed E-state index contributed by atoms with van der Waals surface area (Å²) >= 11 is 2.14. The van der Waals surface area contributed by atoms with E-state index in [1.807, 2.05) is 24.3 Å². The van der Waals surface area contributed by atoms with Crippen LogP contribution in [0, 0.1) is 37.6 Å². The first-order valence-corrected chi connectivity index (χ1v) is 6.41. The van der Waals surface area contributed by atoms with E-state index in [1.54, 1.807) is 24.3 Å². The van der Waals surface area contributed by atoms with E-state index >= 15 is 0 Å². The van der Waals surface area contributed by atoms with Crippen molar-refractivity contribution >= 4 is 22.6 Å². The average Bonchev–Trinajstić information content (AvgIpc) is 2.46. The summed E-state index contributed by atoms with van der Waals surface area (Å²) in [5.41, 5.74) is 2.76. The van der Waals surface area contributed by atoms with E-state index in [0.717, 1.165) is 14.7 Å². The molecule has 3 nitrogen and oxygen atoms in total. The van der Waals surface area contributed by atoms with Gasteiger partial charge in [0, 0.05) is 3.57 Å². The van der Waals surface area contributed by atoms with E-state index in [-0.39, 0.29) is 0 Å². The van der Waals surface area contributed by atoms with Gasteiger partial charge in [-0.3, -0.25) is 0 Å². The lowest BCUT2D eigenvalue weighted by Gasteiger charge is -2.06. The maximum absolute atomic E-state index is 9.16. The van der Waals surface area contributed by atoms with E-state index in [1.165, 1.54) is 0 Å². The first-order valence-electron chi connectivity index (χ1n) is 5.34. The fourth-order valence-electron chi connectivity index (χ4n) is 1.76. The summed E-state index contributed by atoms with van der Waals surface area (Å²) in [6.07, 6.45) is 0. The van der Waals surface area contributed by atoms with E-state index < -0.39 is 0 Å². The third-order valence-corrected chi connectivity index (χ3v) is 3.34. The summed E-state index contributed by atoms with van der Waals surface area (Å²) in [6, 6.07) is 16.7. The Bertz CT molecular complexity index is 773. The predicted octanol–water partition coefficient (Wildman–Crippen LogP) is 3.57. The summed E-state index contributed by atoms with van der Waals surface area (Å²) in [5, 5.41) is 27.1. The van der Waals surface area contributed by atoms with E-state index in [9.17, 15) is 0 Å². The second-order valence-electron chi connectivity index (χ2n) is 3.79. The Morgan fingerprint density at radius 3 is 2.05 bits per heavy atom. The van der Waals surface area contributed by atoms with Crippen LogP contribution in [-0.4, -0.2) is 0 Å². The molecule has 0 saturated carbocycles. The lowest BCUT2D eigenvalue weighted by molar-refractivity contribution is 1.42. The molecule has 0 aliphatic heterocycles. The van der Waals surface area contributed by atoms with Gasteiger partial charge in [0.15, 0.2) is 0 Å². The van der Waals surface area contributed by atoms with Crippen molar-refractivity contribution in [3.63, 3.8) is 0 Å². The number of nitrogens with zero attached hydrogens (tertiary/aromatic N) is 3. The van der Waals surface area contributed by atoms with Crippen LogP contribution in [0.15, 0.2) is 36.4 Å². The van der Waals surface area contributed by atoms with Crippen LogP contribution in [0.3, 0.4) is 0 Å². The Morgan fingerprint density at radius 2 is 1.42 bits per heavy atom. The Balaban J connectivity index is 2.65. The van der Waals surface area contributed by atoms with Gasteiger partial charge in [-0.05, 0) is 58.0 Å². The molecule has 2 rings (SSSR count). The minimum absolute atomic E-state index is 0.322. The SMILES string of the molecule is N#Cc1ccc(-c2ccc(I)cc2C#N)cc1C#N. The molecule has 2 aromatic rings. The largest absolute Gasteiger partial charge is 0.192 e. The number of hydrogen-bond acceptors (Lipinski definition) is 3. The molecule has 0 saturated heterocycles. The van der Waals surface area contributed by atoms with Crippen molar-refractivity contribution in [1.82, 2.24) is 0 Å². The van der Waals surface area contributed by atoms with Crippen molar-refractivity contribution in [2.45, 2.75) is 0 Å². The molecule has 0 aliphatic rings. The van der Waals surface area contributed by atoms with Crippen LogP contribution in [0.25, 0.3) is 11.1 Å². The monoisotopic (exact) mass is 355 g/mol. The Morgan fingerprint density at radius 1 is 0.737 bits per heavy atom. The molecule has 0 heterocycles. The molecule has 0 unspecified atom stereocenters. The minimum Gasteiger partial charge on any atom is -0.192 e. The van der Waals surface area contributed by atoms with Gasteiger partial charge in [-0.25, -0.2) is 0 Å². The molecule has 19 heavy (non-hydrogen) atoms. The van der Waals surface area contributed by atoms with Crippen molar-refractivity contribution in [2.24, 2.45) is 0 Å². The van der Waals surface area contributed by atoms with Gasteiger partial charge in [-0.1, -0.05) is 12.1 Å². The summed E-state index contributed by atoms with van der Waals surface area (Å²) < 4.78 is 0.979. The topological polar surface area (TPSA) is 71.4 Å². The molecule has 0 aliphatic carbocycles. The highest BCUT2D eigenvalue weighted by molar-refractivity contribution is 14.1. The zero-order valence-electron chi connectivity index (χ0n) is 9.68. The zero-order chi connectivity index (χ0) is 13.8. The minimum atomic E-state index is 0.322. The highest BCUT2D eigenvalue weighted by atomic mass is 127. The van der Waals surface area contributed by atoms with Gasteiger partial charge in [-0.15, -0.1) is 0 Å². The Hall–Kier alpha value is -2.36. The van der Waals surface area contributed by atoms with Crippen molar-refractivity contribution in [3.8, 4) is 29.3 Å². The number of benzene rings is 2. The summed E-state index contributed by atoms with van der Waals surface area (Å²) in [4.78, 5) is 0. The standard InChI is InChI=1S/C15H6IN3/c16-14-3-4-15(13(6-14)9-19)10-1-2-11(7-17)12(5-10)8-18/h1-6H. The maximum Gasteiger partial charge on any atom is 0.101 e. The van der Waals surface area contributed by atoms with Crippen LogP contribution in [0.2, 0.25) is 0 Å². The molecular weight excluding hydrogens is 349 g/mol. The highest BCUT2D eigenvalue weighted by Gasteiger charge is 2.08. The summed E-state index contributed by atoms with van der Waals surface area (Å²) in [6.45, 7) is 0. The van der Waals surface area contributed by atoms with Gasteiger partial charge >= 0.3 is 0 Å². The average molecular weight is 355 g/mol. The number of rotatable bonds is 1. The normalized spacial score (nSPS) is 9.16. The smallest absolute Gasteiger partial charge is 0.101 e.